The smallest absolute Gasteiger partial charge is 0.346 e. The number of aromatic nitrogens is 5. The van der Waals surface area contributed by atoms with Gasteiger partial charge >= 0.3 is 5.69 Å². The Morgan fingerprint density at radius 3 is 2.46 bits per heavy atom. The van der Waals surface area contributed by atoms with Gasteiger partial charge in [0.1, 0.15) is 0 Å². The van der Waals surface area contributed by atoms with Crippen LogP contribution in [-0.4, -0.2) is 68.5 Å². The highest BCUT2D eigenvalue weighted by molar-refractivity contribution is 5.30. The number of aryl methyl sites for hydroxylation is 1. The Kier molecular flexibility index (Phi) is 5.61. The lowest BCUT2D eigenvalue weighted by Crippen LogP contribution is -2.47. The zero-order chi connectivity index (χ0) is 18.5. The lowest BCUT2D eigenvalue weighted by molar-refractivity contribution is 0.256. The van der Waals surface area contributed by atoms with E-state index in [2.05, 4.69) is 30.2 Å². The quantitative estimate of drug-likeness (QED) is 0.648. The van der Waals surface area contributed by atoms with Crippen molar-refractivity contribution in [3.05, 3.63) is 39.3 Å². The first kappa shape index (κ1) is 18.1. The Balaban J connectivity index is 1.43. The van der Waals surface area contributed by atoms with E-state index in [0.717, 1.165) is 54.3 Å². The van der Waals surface area contributed by atoms with Gasteiger partial charge in [-0.3, -0.25) is 14.3 Å². The van der Waals surface area contributed by atoms with E-state index in [9.17, 15) is 9.59 Å². The molecule has 0 aromatic carbocycles. The van der Waals surface area contributed by atoms with Crippen LogP contribution in [0.4, 0.5) is 11.8 Å². The largest absolute Gasteiger partial charge is 0.364 e. The summed E-state index contributed by atoms with van der Waals surface area (Å²) in [5.74, 6) is 0.992. The molecule has 0 spiro atoms. The van der Waals surface area contributed by atoms with E-state index in [-0.39, 0.29) is 5.82 Å². The van der Waals surface area contributed by atoms with Gasteiger partial charge in [-0.15, -0.1) is 5.10 Å². The average molecular weight is 360 g/mol. The Labute approximate surface area is 151 Å². The maximum atomic E-state index is 12.0. The van der Waals surface area contributed by atoms with Crippen LogP contribution in [-0.2, 0) is 14.1 Å². The van der Waals surface area contributed by atoms with E-state index >= 15 is 0 Å². The fourth-order valence-corrected chi connectivity index (χ4v) is 2.94. The summed E-state index contributed by atoms with van der Waals surface area (Å²) in [6, 6.07) is 1.82. The molecule has 140 valence electrons. The van der Waals surface area contributed by atoms with Crippen LogP contribution in [0.15, 0.2) is 28.0 Å². The summed E-state index contributed by atoms with van der Waals surface area (Å²) >= 11 is 0. The van der Waals surface area contributed by atoms with Crippen LogP contribution >= 0.6 is 0 Å². The number of anilines is 2. The minimum atomic E-state index is -0.430. The van der Waals surface area contributed by atoms with Crippen LogP contribution in [0.25, 0.3) is 0 Å². The topological polar surface area (TPSA) is 101 Å². The van der Waals surface area contributed by atoms with Crippen molar-refractivity contribution in [3.8, 4) is 0 Å². The van der Waals surface area contributed by atoms with Crippen molar-refractivity contribution in [2.75, 3.05) is 49.5 Å². The summed E-state index contributed by atoms with van der Waals surface area (Å²) in [5, 5.41) is 7.02. The monoisotopic (exact) mass is 360 g/mol. The number of hydrogen-bond donors (Lipinski definition) is 1. The third-order valence-electron chi connectivity index (χ3n) is 4.47. The molecule has 0 bridgehead atoms. The molecular formula is C16H24N8O2. The number of hydrogen-bond acceptors (Lipinski definition) is 8. The minimum Gasteiger partial charge on any atom is -0.364 e. The number of nitrogens with zero attached hydrogens (tertiary/aromatic N) is 7. The molecule has 26 heavy (non-hydrogen) atoms. The summed E-state index contributed by atoms with van der Waals surface area (Å²) in [7, 11) is 2.98. The molecule has 0 saturated carbocycles. The Morgan fingerprint density at radius 1 is 1.08 bits per heavy atom. The van der Waals surface area contributed by atoms with Gasteiger partial charge in [0.05, 0.1) is 0 Å². The molecule has 0 unspecified atom stereocenters. The van der Waals surface area contributed by atoms with Crippen molar-refractivity contribution in [2.24, 2.45) is 14.1 Å². The van der Waals surface area contributed by atoms with Crippen molar-refractivity contribution in [3.63, 3.8) is 0 Å². The van der Waals surface area contributed by atoms with Gasteiger partial charge < -0.3 is 10.2 Å². The van der Waals surface area contributed by atoms with Crippen LogP contribution < -0.4 is 21.5 Å². The maximum absolute atomic E-state index is 12.0. The standard InChI is InChI=1S/C16H24N8O2/c1-21-14(25)13(20-22(2)16(21)26)17-7-4-8-23-9-11-24(12-10-23)15-18-5-3-6-19-15/h3,5-6H,4,7-12H2,1-2H3,(H,17,20). The Morgan fingerprint density at radius 2 is 1.77 bits per heavy atom. The summed E-state index contributed by atoms with van der Waals surface area (Å²) in [4.78, 5) is 36.8. The second kappa shape index (κ2) is 8.09. The molecule has 2 aromatic rings. The van der Waals surface area contributed by atoms with Gasteiger partial charge in [-0.2, -0.15) is 0 Å². The van der Waals surface area contributed by atoms with Gasteiger partial charge in [-0.25, -0.2) is 19.4 Å². The fourth-order valence-electron chi connectivity index (χ4n) is 2.94. The summed E-state index contributed by atoms with van der Waals surface area (Å²) < 4.78 is 2.22. The highest BCUT2D eigenvalue weighted by Crippen LogP contribution is 2.09. The Hall–Kier alpha value is -2.75. The van der Waals surface area contributed by atoms with Crippen molar-refractivity contribution >= 4 is 11.8 Å². The van der Waals surface area contributed by atoms with E-state index < -0.39 is 11.2 Å². The van der Waals surface area contributed by atoms with Crippen molar-refractivity contribution in [1.29, 1.82) is 0 Å². The molecule has 2 aromatic heterocycles. The zero-order valence-corrected chi connectivity index (χ0v) is 15.1. The van der Waals surface area contributed by atoms with Gasteiger partial charge in [-0.1, -0.05) is 0 Å². The molecule has 1 saturated heterocycles. The second-order valence-electron chi connectivity index (χ2n) is 6.28. The summed E-state index contributed by atoms with van der Waals surface area (Å²) in [5.41, 5.74) is -0.828. The molecule has 1 N–H and O–H groups in total. The predicted octanol–water partition coefficient (Wildman–Crippen LogP) is -1.11. The van der Waals surface area contributed by atoms with Gasteiger partial charge in [0, 0.05) is 59.2 Å². The van der Waals surface area contributed by atoms with Gasteiger partial charge in [0.2, 0.25) is 11.8 Å². The highest BCUT2D eigenvalue weighted by Gasteiger charge is 2.18. The third kappa shape index (κ3) is 4.07. The molecule has 10 nitrogen and oxygen atoms in total. The molecule has 1 aliphatic rings. The van der Waals surface area contributed by atoms with Gasteiger partial charge in [0.25, 0.3) is 5.56 Å². The molecule has 3 heterocycles. The molecule has 1 fully saturated rings. The average Bonchev–Trinajstić information content (AvgIpc) is 2.68. The van der Waals surface area contributed by atoms with E-state index in [0.29, 0.717) is 6.54 Å². The van der Waals surface area contributed by atoms with E-state index in [4.69, 9.17) is 0 Å². The minimum absolute atomic E-state index is 0.209. The highest BCUT2D eigenvalue weighted by atomic mass is 16.2. The van der Waals surface area contributed by atoms with Crippen molar-refractivity contribution in [2.45, 2.75) is 6.42 Å². The molecule has 3 rings (SSSR count). The van der Waals surface area contributed by atoms with Crippen LogP contribution in [0.1, 0.15) is 6.42 Å². The maximum Gasteiger partial charge on any atom is 0.346 e. The molecule has 0 aliphatic carbocycles. The molecular weight excluding hydrogens is 336 g/mol. The SMILES string of the molecule is Cn1nc(NCCCN2CCN(c3ncccn3)CC2)c(=O)n(C)c1=O. The van der Waals surface area contributed by atoms with Crippen LogP contribution in [0.5, 0.6) is 0 Å². The summed E-state index contributed by atoms with van der Waals surface area (Å²) in [6.07, 6.45) is 4.41. The lowest BCUT2D eigenvalue weighted by Gasteiger charge is -2.34. The second-order valence-corrected chi connectivity index (χ2v) is 6.28. The van der Waals surface area contributed by atoms with Gasteiger partial charge in [0.15, 0.2) is 0 Å². The molecule has 0 amide bonds. The van der Waals surface area contributed by atoms with Crippen LogP contribution in [0.3, 0.4) is 0 Å². The first-order chi connectivity index (χ1) is 12.6. The van der Waals surface area contributed by atoms with Crippen molar-refractivity contribution in [1.82, 2.24) is 29.2 Å². The molecule has 1 aliphatic heterocycles. The fraction of sp³-hybridized carbons (Fsp3) is 0.562. The molecule has 0 atom stereocenters. The first-order valence-corrected chi connectivity index (χ1v) is 8.69. The van der Waals surface area contributed by atoms with Crippen molar-refractivity contribution < 1.29 is 0 Å². The third-order valence-corrected chi connectivity index (χ3v) is 4.47. The molecule has 0 radical (unpaired) electrons. The van der Waals surface area contributed by atoms with Gasteiger partial charge in [-0.05, 0) is 19.0 Å². The van der Waals surface area contributed by atoms with Crippen LogP contribution in [0.2, 0.25) is 0 Å². The van der Waals surface area contributed by atoms with E-state index in [1.807, 2.05) is 6.07 Å². The first-order valence-electron chi connectivity index (χ1n) is 8.69. The number of rotatable bonds is 6. The molecule has 10 heteroatoms. The van der Waals surface area contributed by atoms with Crippen LogP contribution in [0, 0.1) is 0 Å². The van der Waals surface area contributed by atoms with E-state index in [1.54, 1.807) is 12.4 Å². The zero-order valence-electron chi connectivity index (χ0n) is 15.1. The predicted molar refractivity (Wildman–Crippen MR) is 98.5 cm³/mol. The lowest BCUT2D eigenvalue weighted by atomic mass is 10.3. The Bertz CT molecular complexity index is 840. The normalized spacial score (nSPS) is 15.2. The number of piperazine rings is 1. The summed E-state index contributed by atoms with van der Waals surface area (Å²) in [6.45, 7) is 5.28. The number of nitrogens with one attached hydrogen (secondary N) is 1. The van der Waals surface area contributed by atoms with E-state index in [1.165, 1.54) is 14.1 Å².